The van der Waals surface area contributed by atoms with E-state index in [0.29, 0.717) is 30.8 Å². The predicted molar refractivity (Wildman–Crippen MR) is 109 cm³/mol. The minimum absolute atomic E-state index is 0. The maximum atomic E-state index is 12.9. The highest BCUT2D eigenvalue weighted by Gasteiger charge is 2.29. The van der Waals surface area contributed by atoms with Crippen LogP contribution in [0.4, 0.5) is 0 Å². The molecule has 1 unspecified atom stereocenters. The second-order valence-electron chi connectivity index (χ2n) is 6.15. The lowest BCUT2D eigenvalue weighted by molar-refractivity contribution is -0.134. The molecule has 1 aromatic carbocycles. The number of methoxy groups -OCH3 is 1. The van der Waals surface area contributed by atoms with Gasteiger partial charge in [-0.15, -0.1) is 12.4 Å². The average Bonchev–Trinajstić information content (AvgIpc) is 2.64. The van der Waals surface area contributed by atoms with E-state index in [2.05, 4.69) is 17.6 Å². The highest BCUT2D eigenvalue weighted by Crippen LogP contribution is 2.18. The van der Waals surface area contributed by atoms with Gasteiger partial charge in [-0.3, -0.25) is 9.59 Å². The minimum Gasteiger partial charge on any atom is -0.496 e. The molecule has 0 spiro atoms. The summed E-state index contributed by atoms with van der Waals surface area (Å²) < 4.78 is 5.25. The van der Waals surface area contributed by atoms with Crippen LogP contribution in [-0.2, 0) is 4.79 Å². The van der Waals surface area contributed by atoms with Gasteiger partial charge in [0.2, 0.25) is 5.91 Å². The molecular weight excluding hydrogens is 374 g/mol. The summed E-state index contributed by atoms with van der Waals surface area (Å²) in [6.07, 6.45) is 2.61. The highest BCUT2D eigenvalue weighted by molar-refractivity contribution is 7.98. The molecule has 0 bridgehead atoms. The Balaban J connectivity index is 0.00000338. The van der Waals surface area contributed by atoms with Gasteiger partial charge in [0.25, 0.3) is 5.91 Å². The number of thioether (sulfide) groups is 1. The number of para-hydroxylation sites is 1. The van der Waals surface area contributed by atoms with Crippen molar-refractivity contribution in [2.24, 2.45) is 0 Å². The first-order valence-corrected chi connectivity index (χ1v) is 9.91. The van der Waals surface area contributed by atoms with E-state index >= 15 is 0 Å². The molecule has 0 aromatic heterocycles. The van der Waals surface area contributed by atoms with Crippen molar-refractivity contribution in [3.8, 4) is 5.75 Å². The number of piperazine rings is 1. The summed E-state index contributed by atoms with van der Waals surface area (Å²) in [5.41, 5.74) is 0.445. The lowest BCUT2D eigenvalue weighted by Gasteiger charge is -2.34. The number of amides is 2. The molecule has 146 valence electrons. The number of carbonyl (C=O) groups excluding carboxylic acids is 2. The second-order valence-corrected chi connectivity index (χ2v) is 7.13. The van der Waals surface area contributed by atoms with Crippen LogP contribution in [0.15, 0.2) is 24.3 Å². The minimum atomic E-state index is -0.518. The summed E-state index contributed by atoms with van der Waals surface area (Å²) in [5, 5.41) is 6.24. The van der Waals surface area contributed by atoms with E-state index in [0.717, 1.165) is 12.3 Å². The largest absolute Gasteiger partial charge is 0.496 e. The van der Waals surface area contributed by atoms with Gasteiger partial charge in [-0.25, -0.2) is 0 Å². The van der Waals surface area contributed by atoms with Crippen molar-refractivity contribution in [1.29, 1.82) is 0 Å². The standard InChI is InChI=1S/C18H27N3O3S.ClH/c1-13-12-21(10-9-19-13)18(23)15(8-11-25-3)20-17(22)14-6-4-5-7-16(14)24-2;/h4-7,13,15,19H,8-12H2,1-3H3,(H,20,22);1H/t13-,15?;/m1./s1. The maximum Gasteiger partial charge on any atom is 0.255 e. The normalized spacial score (nSPS) is 17.8. The third kappa shape index (κ3) is 6.07. The molecule has 1 saturated heterocycles. The fourth-order valence-electron chi connectivity index (χ4n) is 2.91. The van der Waals surface area contributed by atoms with Gasteiger partial charge >= 0.3 is 0 Å². The lowest BCUT2D eigenvalue weighted by Crippen LogP contribution is -2.56. The first-order valence-electron chi connectivity index (χ1n) is 8.51. The predicted octanol–water partition coefficient (Wildman–Crippen LogP) is 1.79. The first-order chi connectivity index (χ1) is 12.1. The average molecular weight is 402 g/mol. The summed E-state index contributed by atoms with van der Waals surface area (Å²) in [4.78, 5) is 27.4. The van der Waals surface area contributed by atoms with Crippen LogP contribution in [0, 0.1) is 0 Å². The summed E-state index contributed by atoms with van der Waals surface area (Å²) in [6, 6.07) is 6.80. The van der Waals surface area contributed by atoms with Crippen molar-refractivity contribution < 1.29 is 14.3 Å². The Morgan fingerprint density at radius 2 is 2.15 bits per heavy atom. The van der Waals surface area contributed by atoms with E-state index in [1.54, 1.807) is 30.0 Å². The molecule has 0 radical (unpaired) electrons. The Morgan fingerprint density at radius 1 is 1.42 bits per heavy atom. The fraction of sp³-hybridized carbons (Fsp3) is 0.556. The molecule has 6 nitrogen and oxygen atoms in total. The Morgan fingerprint density at radius 3 is 2.81 bits per heavy atom. The molecule has 8 heteroatoms. The van der Waals surface area contributed by atoms with E-state index in [1.807, 2.05) is 17.2 Å². The zero-order chi connectivity index (χ0) is 18.2. The van der Waals surface area contributed by atoms with Crippen molar-refractivity contribution in [3.63, 3.8) is 0 Å². The number of hydrogen-bond acceptors (Lipinski definition) is 5. The Labute approximate surface area is 165 Å². The fourth-order valence-corrected chi connectivity index (χ4v) is 3.39. The van der Waals surface area contributed by atoms with Gasteiger partial charge in [-0.1, -0.05) is 12.1 Å². The number of carbonyl (C=O) groups is 2. The summed E-state index contributed by atoms with van der Waals surface area (Å²) in [5.74, 6) is 1.03. The summed E-state index contributed by atoms with van der Waals surface area (Å²) >= 11 is 1.67. The number of benzene rings is 1. The number of rotatable bonds is 7. The van der Waals surface area contributed by atoms with Crippen LogP contribution in [0.25, 0.3) is 0 Å². The maximum absolute atomic E-state index is 12.9. The van der Waals surface area contributed by atoms with Gasteiger partial charge in [0.1, 0.15) is 11.8 Å². The van der Waals surface area contributed by atoms with Gasteiger partial charge in [0.05, 0.1) is 12.7 Å². The molecule has 1 fully saturated rings. The molecule has 1 aliphatic rings. The molecule has 2 amide bonds. The smallest absolute Gasteiger partial charge is 0.255 e. The number of nitrogens with zero attached hydrogens (tertiary/aromatic N) is 1. The van der Waals surface area contributed by atoms with Gasteiger partial charge in [-0.05, 0) is 37.5 Å². The molecule has 1 heterocycles. The second kappa shape index (κ2) is 11.3. The molecule has 2 N–H and O–H groups in total. The highest BCUT2D eigenvalue weighted by atomic mass is 35.5. The monoisotopic (exact) mass is 401 g/mol. The zero-order valence-electron chi connectivity index (χ0n) is 15.5. The van der Waals surface area contributed by atoms with E-state index in [9.17, 15) is 9.59 Å². The molecular formula is C18H28ClN3O3S. The van der Waals surface area contributed by atoms with Crippen LogP contribution in [0.3, 0.4) is 0 Å². The van der Waals surface area contributed by atoms with Crippen molar-refractivity contribution in [2.45, 2.75) is 25.4 Å². The summed E-state index contributed by atoms with van der Waals surface area (Å²) in [6.45, 7) is 4.18. The molecule has 0 aliphatic carbocycles. The van der Waals surface area contributed by atoms with Gasteiger partial charge < -0.3 is 20.3 Å². The van der Waals surface area contributed by atoms with Crippen LogP contribution in [-0.4, -0.2) is 67.6 Å². The zero-order valence-corrected chi connectivity index (χ0v) is 17.1. The number of nitrogens with one attached hydrogen (secondary N) is 2. The molecule has 26 heavy (non-hydrogen) atoms. The van der Waals surface area contributed by atoms with E-state index in [-0.39, 0.29) is 30.3 Å². The Hall–Kier alpha value is -1.44. The van der Waals surface area contributed by atoms with Crippen molar-refractivity contribution >= 4 is 36.0 Å². The van der Waals surface area contributed by atoms with Crippen molar-refractivity contribution in [2.75, 3.05) is 38.8 Å². The van der Waals surface area contributed by atoms with E-state index < -0.39 is 6.04 Å². The van der Waals surface area contributed by atoms with Crippen LogP contribution in [0.5, 0.6) is 5.75 Å². The van der Waals surface area contributed by atoms with E-state index in [4.69, 9.17) is 4.74 Å². The van der Waals surface area contributed by atoms with Gasteiger partial charge in [-0.2, -0.15) is 11.8 Å². The topological polar surface area (TPSA) is 70.7 Å². The van der Waals surface area contributed by atoms with Crippen molar-refractivity contribution in [1.82, 2.24) is 15.5 Å². The SMILES string of the molecule is COc1ccccc1C(=O)NC(CCSC)C(=O)N1CCN[C@H](C)C1.Cl. The van der Waals surface area contributed by atoms with Crippen LogP contribution in [0.2, 0.25) is 0 Å². The number of halogens is 1. The van der Waals surface area contributed by atoms with Crippen molar-refractivity contribution in [3.05, 3.63) is 29.8 Å². The quantitative estimate of drug-likeness (QED) is 0.728. The lowest BCUT2D eigenvalue weighted by atomic mass is 10.1. The molecule has 2 rings (SSSR count). The third-order valence-electron chi connectivity index (χ3n) is 4.25. The molecule has 1 aromatic rings. The third-order valence-corrected chi connectivity index (χ3v) is 4.89. The number of ether oxygens (including phenoxy) is 1. The summed E-state index contributed by atoms with van der Waals surface area (Å²) in [7, 11) is 1.53. The van der Waals surface area contributed by atoms with Gasteiger partial charge in [0.15, 0.2) is 0 Å². The van der Waals surface area contributed by atoms with Gasteiger partial charge in [0, 0.05) is 25.7 Å². The van der Waals surface area contributed by atoms with Crippen LogP contribution in [0.1, 0.15) is 23.7 Å². The van der Waals surface area contributed by atoms with E-state index in [1.165, 1.54) is 7.11 Å². The molecule has 0 saturated carbocycles. The Kier molecular flexibility index (Phi) is 9.83. The molecule has 2 atom stereocenters. The first kappa shape index (κ1) is 22.6. The molecule has 1 aliphatic heterocycles. The Bertz CT molecular complexity index is 603. The van der Waals surface area contributed by atoms with Crippen LogP contribution < -0.4 is 15.4 Å². The van der Waals surface area contributed by atoms with Crippen LogP contribution >= 0.6 is 24.2 Å². The number of hydrogen-bond donors (Lipinski definition) is 2.